The molecule has 0 N–H and O–H groups in total. The molecule has 2 aromatic carbocycles. The maximum absolute atomic E-state index is 13.6. The van der Waals surface area contributed by atoms with Crippen LogP contribution in [0.4, 0.5) is 0 Å². The third-order valence-electron chi connectivity index (χ3n) is 6.58. The lowest BCUT2D eigenvalue weighted by atomic mass is 10.0. The number of pyridine rings is 1. The minimum absolute atomic E-state index is 0.429. The van der Waals surface area contributed by atoms with Crippen LogP contribution in [0.1, 0.15) is 21.6 Å². The predicted octanol–water partition coefficient (Wildman–Crippen LogP) is 4.96. The number of benzene rings is 2. The summed E-state index contributed by atoms with van der Waals surface area (Å²) in [6, 6.07) is 26.1. The molecule has 0 radical (unpaired) electrons. The first kappa shape index (κ1) is 22.8. The summed E-state index contributed by atoms with van der Waals surface area (Å²) in [5.41, 5.74) is 5.38. The zero-order valence-corrected chi connectivity index (χ0v) is 19.9. The molecule has 0 aliphatic carbocycles. The number of fused-ring (bicyclic) bond motifs is 1. The Morgan fingerprint density at radius 3 is 2.31 bits per heavy atom. The van der Waals surface area contributed by atoms with E-state index in [2.05, 4.69) is 29.2 Å². The van der Waals surface area contributed by atoms with Gasteiger partial charge in [-0.25, -0.2) is 0 Å². The van der Waals surface area contributed by atoms with Crippen molar-refractivity contribution in [3.8, 4) is 11.1 Å². The van der Waals surface area contributed by atoms with Gasteiger partial charge in [-0.3, -0.25) is 14.5 Å². The van der Waals surface area contributed by atoms with Crippen molar-refractivity contribution in [1.82, 2.24) is 14.2 Å². The zero-order valence-electron chi connectivity index (χ0n) is 19.9. The van der Waals surface area contributed by atoms with E-state index in [-0.39, 0.29) is 0 Å². The monoisotopic (exact) mass is 463 g/mol. The highest BCUT2D eigenvalue weighted by Crippen LogP contribution is 2.29. The minimum Gasteiger partial charge on any atom is -0.333 e. The molecular formula is C30H29N3O2. The van der Waals surface area contributed by atoms with E-state index in [0.29, 0.717) is 18.8 Å². The van der Waals surface area contributed by atoms with Gasteiger partial charge in [0.25, 0.3) is 11.7 Å². The van der Waals surface area contributed by atoms with E-state index in [0.717, 1.165) is 41.8 Å². The number of piperazine rings is 1. The van der Waals surface area contributed by atoms with Crippen LogP contribution in [0.25, 0.3) is 22.7 Å². The molecule has 5 nitrogen and oxygen atoms in total. The molecule has 5 heteroatoms. The van der Waals surface area contributed by atoms with Crippen molar-refractivity contribution in [1.29, 1.82) is 0 Å². The van der Waals surface area contributed by atoms with Gasteiger partial charge in [-0.15, -0.1) is 0 Å². The Balaban J connectivity index is 1.30. The Morgan fingerprint density at radius 2 is 1.57 bits per heavy atom. The Kier molecular flexibility index (Phi) is 6.59. The Labute approximate surface area is 205 Å². The van der Waals surface area contributed by atoms with Crippen LogP contribution in [0.2, 0.25) is 0 Å². The van der Waals surface area contributed by atoms with Gasteiger partial charge >= 0.3 is 0 Å². The van der Waals surface area contributed by atoms with Crippen LogP contribution in [0.15, 0.2) is 91.1 Å². The first-order valence-electron chi connectivity index (χ1n) is 12.0. The fraction of sp³-hybridized carbons (Fsp3) is 0.200. The summed E-state index contributed by atoms with van der Waals surface area (Å²) < 4.78 is 1.83. The second-order valence-electron chi connectivity index (χ2n) is 9.00. The van der Waals surface area contributed by atoms with E-state index in [1.165, 1.54) is 5.56 Å². The SMILES string of the molecule is Cc1ccc(-c2cc3ccccn3c2C(=O)C(=O)N2CCN(C/C=C/c3ccccc3)CC2)cc1. The standard InChI is InChI=1S/C30H29N3O2/c1-23-12-14-25(15-13-23)27-22-26-11-5-6-17-33(26)28(27)29(34)30(35)32-20-18-31(19-21-32)16-7-10-24-8-3-2-4-9-24/h2-15,17,22H,16,18-21H2,1H3/b10-7+. The minimum atomic E-state index is -0.454. The smallest absolute Gasteiger partial charge is 0.296 e. The van der Waals surface area contributed by atoms with E-state index in [1.807, 2.05) is 84.3 Å². The highest BCUT2D eigenvalue weighted by Gasteiger charge is 2.30. The number of ketones is 1. The van der Waals surface area contributed by atoms with Crippen molar-refractivity contribution < 1.29 is 9.59 Å². The molecule has 1 saturated heterocycles. The molecule has 176 valence electrons. The number of aromatic nitrogens is 1. The number of carbonyl (C=O) groups excluding carboxylic acids is 2. The molecule has 4 aromatic rings. The Morgan fingerprint density at radius 1 is 0.857 bits per heavy atom. The van der Waals surface area contributed by atoms with Gasteiger partial charge in [0, 0.05) is 50.0 Å². The fourth-order valence-electron chi connectivity index (χ4n) is 4.59. The van der Waals surface area contributed by atoms with E-state index in [4.69, 9.17) is 0 Å². The molecular weight excluding hydrogens is 434 g/mol. The number of amides is 1. The van der Waals surface area contributed by atoms with Crippen LogP contribution in [-0.2, 0) is 4.79 Å². The largest absolute Gasteiger partial charge is 0.333 e. The lowest BCUT2D eigenvalue weighted by Crippen LogP contribution is -2.50. The van der Waals surface area contributed by atoms with Gasteiger partial charge < -0.3 is 9.30 Å². The van der Waals surface area contributed by atoms with Crippen LogP contribution < -0.4 is 0 Å². The van der Waals surface area contributed by atoms with Crippen molar-refractivity contribution in [2.24, 2.45) is 0 Å². The van der Waals surface area contributed by atoms with E-state index < -0.39 is 11.7 Å². The predicted molar refractivity (Wildman–Crippen MR) is 140 cm³/mol. The lowest BCUT2D eigenvalue weighted by Gasteiger charge is -2.33. The van der Waals surface area contributed by atoms with E-state index in [9.17, 15) is 9.59 Å². The normalized spacial score (nSPS) is 14.6. The average molecular weight is 464 g/mol. The maximum atomic E-state index is 13.6. The molecule has 3 heterocycles. The molecule has 0 spiro atoms. The third kappa shape index (κ3) is 4.96. The van der Waals surface area contributed by atoms with Crippen molar-refractivity contribution in [3.63, 3.8) is 0 Å². The molecule has 5 rings (SSSR count). The lowest BCUT2D eigenvalue weighted by molar-refractivity contribution is -0.128. The van der Waals surface area contributed by atoms with Crippen LogP contribution in [0.5, 0.6) is 0 Å². The molecule has 2 aromatic heterocycles. The number of Topliss-reactive ketones (excluding diaryl/α,β-unsaturated/α-hetero) is 1. The number of carbonyl (C=O) groups is 2. The van der Waals surface area contributed by atoms with Crippen LogP contribution in [0.3, 0.4) is 0 Å². The van der Waals surface area contributed by atoms with Gasteiger partial charge in [0.05, 0.1) is 0 Å². The van der Waals surface area contributed by atoms with Gasteiger partial charge in [-0.05, 0) is 36.2 Å². The summed E-state index contributed by atoms with van der Waals surface area (Å²) >= 11 is 0. The maximum Gasteiger partial charge on any atom is 0.296 e. The molecule has 1 amide bonds. The van der Waals surface area contributed by atoms with Gasteiger partial charge in [-0.2, -0.15) is 0 Å². The zero-order chi connectivity index (χ0) is 24.2. The fourth-order valence-corrected chi connectivity index (χ4v) is 4.59. The number of nitrogens with zero attached hydrogens (tertiary/aromatic N) is 3. The van der Waals surface area contributed by atoms with Crippen LogP contribution in [-0.4, -0.2) is 58.6 Å². The van der Waals surface area contributed by atoms with Crippen LogP contribution in [0, 0.1) is 6.92 Å². The Hall–Kier alpha value is -3.96. The average Bonchev–Trinajstić information content (AvgIpc) is 3.29. The summed E-state index contributed by atoms with van der Waals surface area (Å²) in [4.78, 5) is 30.9. The van der Waals surface area contributed by atoms with Crippen LogP contribution >= 0.6 is 0 Å². The Bertz CT molecular complexity index is 1360. The van der Waals surface area contributed by atoms with Crippen molar-refractivity contribution in [3.05, 3.63) is 108 Å². The topological polar surface area (TPSA) is 45.0 Å². The molecule has 0 saturated carbocycles. The number of hydrogen-bond acceptors (Lipinski definition) is 3. The summed E-state index contributed by atoms with van der Waals surface area (Å²) in [6.07, 6.45) is 6.12. The van der Waals surface area contributed by atoms with Gasteiger partial charge in [0.2, 0.25) is 0 Å². The first-order chi connectivity index (χ1) is 17.1. The van der Waals surface area contributed by atoms with E-state index in [1.54, 1.807) is 4.90 Å². The van der Waals surface area contributed by atoms with Gasteiger partial charge in [0.15, 0.2) is 0 Å². The first-order valence-corrected chi connectivity index (χ1v) is 12.0. The molecule has 0 atom stereocenters. The summed E-state index contributed by atoms with van der Waals surface area (Å²) in [6.45, 7) is 5.45. The second kappa shape index (κ2) is 10.1. The number of rotatable bonds is 6. The summed E-state index contributed by atoms with van der Waals surface area (Å²) in [7, 11) is 0. The molecule has 1 aliphatic heterocycles. The molecule has 0 unspecified atom stereocenters. The molecule has 35 heavy (non-hydrogen) atoms. The second-order valence-corrected chi connectivity index (χ2v) is 9.00. The van der Waals surface area contributed by atoms with E-state index >= 15 is 0 Å². The van der Waals surface area contributed by atoms with Gasteiger partial charge in [-0.1, -0.05) is 78.4 Å². The summed E-state index contributed by atoms with van der Waals surface area (Å²) in [5.74, 6) is -0.883. The highest BCUT2D eigenvalue weighted by atomic mass is 16.2. The van der Waals surface area contributed by atoms with Crippen molar-refractivity contribution >= 4 is 23.3 Å². The quantitative estimate of drug-likeness (QED) is 0.300. The molecule has 1 fully saturated rings. The number of hydrogen-bond donors (Lipinski definition) is 0. The highest BCUT2D eigenvalue weighted by molar-refractivity contribution is 6.43. The number of aryl methyl sites for hydroxylation is 1. The van der Waals surface area contributed by atoms with Crippen molar-refractivity contribution in [2.75, 3.05) is 32.7 Å². The summed E-state index contributed by atoms with van der Waals surface area (Å²) in [5, 5.41) is 0. The third-order valence-corrected chi connectivity index (χ3v) is 6.58. The van der Waals surface area contributed by atoms with Crippen molar-refractivity contribution in [2.45, 2.75) is 6.92 Å². The van der Waals surface area contributed by atoms with Gasteiger partial charge in [0.1, 0.15) is 5.69 Å². The molecule has 1 aliphatic rings. The molecule has 0 bridgehead atoms.